The zero-order valence-corrected chi connectivity index (χ0v) is 22.7. The van der Waals surface area contributed by atoms with E-state index in [1.165, 1.54) is 0 Å². The molecule has 0 radical (unpaired) electrons. The molecule has 2 N–H and O–H groups in total. The van der Waals surface area contributed by atoms with Gasteiger partial charge in [0.2, 0.25) is 5.91 Å². The van der Waals surface area contributed by atoms with Gasteiger partial charge in [-0.05, 0) is 73.3 Å². The molecular formula is C24H48N2O4S. The van der Waals surface area contributed by atoms with Gasteiger partial charge < -0.3 is 14.8 Å². The molecule has 1 amide bonds. The molecule has 0 spiro atoms. The second-order valence-corrected chi connectivity index (χ2v) is 12.3. The van der Waals surface area contributed by atoms with Crippen molar-refractivity contribution in [1.82, 2.24) is 10.6 Å². The van der Waals surface area contributed by atoms with E-state index in [0.29, 0.717) is 26.2 Å². The van der Waals surface area contributed by atoms with Crippen molar-refractivity contribution in [3.63, 3.8) is 0 Å². The number of Topliss-reactive ketones (excluding diaryl/α,β-unsaturated/α-hetero) is 1. The van der Waals surface area contributed by atoms with Crippen molar-refractivity contribution in [2.75, 3.05) is 31.8 Å². The largest absolute Gasteiger partial charge is 0.376 e. The Labute approximate surface area is 195 Å². The fourth-order valence-electron chi connectivity index (χ4n) is 2.92. The molecule has 6 nitrogen and oxygen atoms in total. The van der Waals surface area contributed by atoms with Crippen LogP contribution in [0.25, 0.3) is 0 Å². The van der Waals surface area contributed by atoms with E-state index in [4.69, 9.17) is 9.47 Å². The number of thioether (sulfide) groups is 1. The lowest BCUT2D eigenvalue weighted by Crippen LogP contribution is -2.59. The number of rotatable bonds is 14. The molecule has 0 aliphatic carbocycles. The van der Waals surface area contributed by atoms with E-state index in [1.807, 2.05) is 75.5 Å². The molecule has 1 atom stereocenters. The van der Waals surface area contributed by atoms with Crippen LogP contribution in [0.2, 0.25) is 0 Å². The van der Waals surface area contributed by atoms with E-state index < -0.39 is 11.0 Å². The summed E-state index contributed by atoms with van der Waals surface area (Å²) < 4.78 is 11.7. The van der Waals surface area contributed by atoms with Crippen LogP contribution in [0.15, 0.2) is 0 Å². The monoisotopic (exact) mass is 460 g/mol. The zero-order chi connectivity index (χ0) is 24.5. The Kier molecular flexibility index (Phi) is 12.3. The summed E-state index contributed by atoms with van der Waals surface area (Å²) in [5.74, 6) is 0.852. The Hall–Kier alpha value is -0.630. The van der Waals surface area contributed by atoms with Crippen molar-refractivity contribution in [3.8, 4) is 0 Å². The SMILES string of the molecule is CSCCC(NC(C)(C)C(=O)NCCOC(C)(C)CCOC(C)(C)C)C(=O)C(C)(C)C. The average molecular weight is 461 g/mol. The molecule has 0 aliphatic rings. The topological polar surface area (TPSA) is 76.7 Å². The van der Waals surface area contributed by atoms with Gasteiger partial charge in [0.1, 0.15) is 0 Å². The Morgan fingerprint density at radius 3 is 1.97 bits per heavy atom. The standard InChI is InChI=1S/C24H48N2O4S/c1-21(2,3)19(27)18(12-17-31-11)26-24(9,10)20(28)25-14-16-30-23(7,8)13-15-29-22(4,5)6/h18,26H,12-17H2,1-11H3,(H,25,28). The Balaban J connectivity index is 4.65. The highest BCUT2D eigenvalue weighted by atomic mass is 32.2. The molecule has 0 saturated carbocycles. The van der Waals surface area contributed by atoms with Crippen LogP contribution < -0.4 is 10.6 Å². The van der Waals surface area contributed by atoms with Gasteiger partial charge in [-0.2, -0.15) is 11.8 Å². The van der Waals surface area contributed by atoms with Crippen molar-refractivity contribution in [2.24, 2.45) is 5.41 Å². The minimum Gasteiger partial charge on any atom is -0.376 e. The van der Waals surface area contributed by atoms with Crippen LogP contribution in [-0.2, 0) is 19.1 Å². The highest BCUT2D eigenvalue weighted by Crippen LogP contribution is 2.21. The molecule has 0 aromatic heterocycles. The number of nitrogens with one attached hydrogen (secondary N) is 2. The first-order chi connectivity index (χ1) is 13.9. The van der Waals surface area contributed by atoms with E-state index in [9.17, 15) is 9.59 Å². The van der Waals surface area contributed by atoms with Gasteiger partial charge in [0.05, 0.1) is 29.4 Å². The van der Waals surface area contributed by atoms with Gasteiger partial charge in [-0.15, -0.1) is 0 Å². The maximum absolute atomic E-state index is 12.9. The fraction of sp³-hybridized carbons (Fsp3) is 0.917. The number of hydrogen-bond acceptors (Lipinski definition) is 6. The van der Waals surface area contributed by atoms with Gasteiger partial charge in [0.15, 0.2) is 5.78 Å². The molecule has 184 valence electrons. The summed E-state index contributed by atoms with van der Waals surface area (Å²) in [5.41, 5.74) is -1.81. The summed E-state index contributed by atoms with van der Waals surface area (Å²) in [5, 5.41) is 6.24. The Morgan fingerprint density at radius 1 is 0.903 bits per heavy atom. The van der Waals surface area contributed by atoms with Gasteiger partial charge in [0, 0.05) is 18.6 Å². The Morgan fingerprint density at radius 2 is 1.48 bits per heavy atom. The van der Waals surface area contributed by atoms with Gasteiger partial charge in [0.25, 0.3) is 0 Å². The first kappa shape index (κ1) is 30.4. The third-order valence-corrected chi connectivity index (χ3v) is 5.53. The number of amides is 1. The van der Waals surface area contributed by atoms with Crippen LogP contribution in [0.3, 0.4) is 0 Å². The lowest BCUT2D eigenvalue weighted by atomic mass is 9.84. The minimum atomic E-state index is -0.861. The molecule has 0 aliphatic heterocycles. The second kappa shape index (κ2) is 12.6. The zero-order valence-electron chi connectivity index (χ0n) is 21.9. The molecule has 0 bridgehead atoms. The van der Waals surface area contributed by atoms with Crippen LogP contribution >= 0.6 is 11.8 Å². The summed E-state index contributed by atoms with van der Waals surface area (Å²) in [7, 11) is 0. The maximum atomic E-state index is 12.9. The smallest absolute Gasteiger partial charge is 0.239 e. The average Bonchev–Trinajstić information content (AvgIpc) is 2.59. The number of hydrogen-bond donors (Lipinski definition) is 2. The van der Waals surface area contributed by atoms with Gasteiger partial charge >= 0.3 is 0 Å². The number of carbonyl (C=O) groups excluding carboxylic acids is 2. The van der Waals surface area contributed by atoms with E-state index in [1.54, 1.807) is 11.8 Å². The van der Waals surface area contributed by atoms with Gasteiger partial charge in [-0.1, -0.05) is 20.8 Å². The number of ketones is 1. The van der Waals surface area contributed by atoms with Gasteiger partial charge in [-0.3, -0.25) is 14.9 Å². The second-order valence-electron chi connectivity index (χ2n) is 11.3. The van der Waals surface area contributed by atoms with Crippen molar-refractivity contribution in [3.05, 3.63) is 0 Å². The molecule has 1 unspecified atom stereocenters. The third-order valence-electron chi connectivity index (χ3n) is 4.89. The van der Waals surface area contributed by atoms with Crippen LogP contribution in [0, 0.1) is 5.41 Å². The van der Waals surface area contributed by atoms with E-state index in [-0.39, 0.29) is 28.9 Å². The summed E-state index contributed by atoms with van der Waals surface area (Å²) >= 11 is 1.70. The van der Waals surface area contributed by atoms with E-state index >= 15 is 0 Å². The molecule has 0 heterocycles. The van der Waals surface area contributed by atoms with Crippen LogP contribution in [0.4, 0.5) is 0 Å². The number of ether oxygens (including phenoxy) is 2. The van der Waals surface area contributed by atoms with E-state index in [2.05, 4.69) is 10.6 Å². The minimum absolute atomic E-state index is 0.130. The van der Waals surface area contributed by atoms with Crippen molar-refractivity contribution in [2.45, 2.75) is 105 Å². The summed E-state index contributed by atoms with van der Waals surface area (Å²) in [4.78, 5) is 25.6. The molecule has 0 saturated heterocycles. The highest BCUT2D eigenvalue weighted by Gasteiger charge is 2.36. The lowest BCUT2D eigenvalue weighted by Gasteiger charge is -2.33. The van der Waals surface area contributed by atoms with Crippen LogP contribution in [0.1, 0.15) is 82.1 Å². The van der Waals surface area contributed by atoms with Crippen LogP contribution in [0.5, 0.6) is 0 Å². The number of carbonyl (C=O) groups is 2. The maximum Gasteiger partial charge on any atom is 0.239 e. The molecular weight excluding hydrogens is 412 g/mol. The van der Waals surface area contributed by atoms with Crippen molar-refractivity contribution < 1.29 is 19.1 Å². The predicted molar refractivity (Wildman–Crippen MR) is 132 cm³/mol. The first-order valence-electron chi connectivity index (χ1n) is 11.3. The van der Waals surface area contributed by atoms with Gasteiger partial charge in [-0.25, -0.2) is 0 Å². The first-order valence-corrected chi connectivity index (χ1v) is 12.7. The summed E-state index contributed by atoms with van der Waals surface area (Å²) in [6, 6.07) is -0.355. The molecule has 31 heavy (non-hydrogen) atoms. The lowest BCUT2D eigenvalue weighted by molar-refractivity contribution is -0.131. The predicted octanol–water partition coefficient (Wildman–Crippen LogP) is 4.21. The van der Waals surface area contributed by atoms with E-state index in [0.717, 1.165) is 12.2 Å². The normalized spacial score (nSPS) is 14.4. The quantitative estimate of drug-likeness (QED) is 0.378. The third kappa shape index (κ3) is 13.5. The fourth-order valence-corrected chi connectivity index (χ4v) is 3.39. The van der Waals surface area contributed by atoms with Crippen molar-refractivity contribution in [1.29, 1.82) is 0 Å². The molecule has 0 aromatic rings. The molecule has 0 fully saturated rings. The summed E-state index contributed by atoms with van der Waals surface area (Å²) in [6.07, 6.45) is 3.49. The molecule has 0 aromatic carbocycles. The summed E-state index contributed by atoms with van der Waals surface area (Å²) in [6.45, 7) is 21.0. The van der Waals surface area contributed by atoms with Crippen LogP contribution in [-0.4, -0.2) is 66.2 Å². The molecule has 7 heteroatoms. The Bertz CT molecular complexity index is 563. The van der Waals surface area contributed by atoms with Crippen molar-refractivity contribution >= 4 is 23.5 Å². The highest BCUT2D eigenvalue weighted by molar-refractivity contribution is 7.98. The molecule has 0 rings (SSSR count).